The molecule has 0 unspecified atom stereocenters. The molecule has 2 aromatic rings. The van der Waals surface area contributed by atoms with Crippen LogP contribution in [0.2, 0.25) is 0 Å². The van der Waals surface area contributed by atoms with Crippen molar-refractivity contribution < 1.29 is 0 Å². The summed E-state index contributed by atoms with van der Waals surface area (Å²) in [4.78, 5) is 12.7. The molecule has 0 spiro atoms. The van der Waals surface area contributed by atoms with Gasteiger partial charge in [-0.15, -0.1) is 0 Å². The zero-order valence-electron chi connectivity index (χ0n) is 12.0. The van der Waals surface area contributed by atoms with Crippen molar-refractivity contribution in [3.8, 4) is 0 Å². The lowest BCUT2D eigenvalue weighted by Crippen LogP contribution is -2.09. The molecule has 2 rings (SSSR count). The minimum absolute atomic E-state index is 0.628. The molecule has 0 saturated heterocycles. The first-order valence-electron chi connectivity index (χ1n) is 6.94. The van der Waals surface area contributed by atoms with E-state index in [0.717, 1.165) is 24.3 Å². The smallest absolute Gasteiger partial charge is 0.224 e. The maximum atomic E-state index is 4.43. The highest BCUT2D eigenvalue weighted by atomic mass is 15.1. The molecule has 0 bridgehead atoms. The highest BCUT2D eigenvalue weighted by molar-refractivity contribution is 5.39. The van der Waals surface area contributed by atoms with Crippen LogP contribution in [0.3, 0.4) is 0 Å². The molecule has 0 saturated carbocycles. The number of aromatic nitrogens is 3. The number of nitrogens with zero attached hydrogens (tertiary/aromatic N) is 3. The van der Waals surface area contributed by atoms with Gasteiger partial charge in [-0.3, -0.25) is 4.98 Å². The van der Waals surface area contributed by atoms with E-state index in [1.165, 1.54) is 0 Å². The molecule has 2 heterocycles. The monoisotopic (exact) mass is 271 g/mol. The Hall–Kier alpha value is -2.17. The fourth-order valence-electron chi connectivity index (χ4n) is 1.72. The molecule has 2 N–H and O–H groups in total. The first-order chi connectivity index (χ1) is 9.74. The Morgan fingerprint density at radius 3 is 2.80 bits per heavy atom. The summed E-state index contributed by atoms with van der Waals surface area (Å²) in [6.45, 7) is 6.02. The van der Waals surface area contributed by atoms with Gasteiger partial charge in [-0.2, -0.15) is 4.98 Å². The molecular formula is C15H21N5. The van der Waals surface area contributed by atoms with E-state index in [1.807, 2.05) is 24.4 Å². The fourth-order valence-corrected chi connectivity index (χ4v) is 1.72. The maximum Gasteiger partial charge on any atom is 0.224 e. The van der Waals surface area contributed by atoms with Gasteiger partial charge >= 0.3 is 0 Å². The molecule has 2 aromatic heterocycles. The van der Waals surface area contributed by atoms with Gasteiger partial charge in [0.15, 0.2) is 0 Å². The van der Waals surface area contributed by atoms with Gasteiger partial charge in [-0.25, -0.2) is 4.98 Å². The topological polar surface area (TPSA) is 62.7 Å². The molecule has 0 atom stereocenters. The number of rotatable bonds is 7. The highest BCUT2D eigenvalue weighted by Crippen LogP contribution is 2.08. The predicted molar refractivity (Wildman–Crippen MR) is 81.5 cm³/mol. The van der Waals surface area contributed by atoms with Crippen molar-refractivity contribution in [3.63, 3.8) is 0 Å². The van der Waals surface area contributed by atoms with E-state index in [2.05, 4.69) is 39.4 Å². The number of hydrogen-bond acceptors (Lipinski definition) is 5. The lowest BCUT2D eigenvalue weighted by Gasteiger charge is -2.09. The highest BCUT2D eigenvalue weighted by Gasteiger charge is 2.00. The summed E-state index contributed by atoms with van der Waals surface area (Å²) in [7, 11) is 0. The van der Waals surface area contributed by atoms with Gasteiger partial charge in [0.25, 0.3) is 0 Å². The van der Waals surface area contributed by atoms with Crippen LogP contribution in [0.15, 0.2) is 36.8 Å². The van der Waals surface area contributed by atoms with Crippen LogP contribution in [0.5, 0.6) is 0 Å². The Labute approximate surface area is 119 Å². The standard InChI is InChI=1S/C15H21N5/c1-12(2)5-8-17-14-6-9-18-15(20-14)19-11-13-4-3-7-16-10-13/h3-4,6-7,9-10,12H,5,8,11H2,1-2H3,(H2,17,18,19,20). The van der Waals surface area contributed by atoms with E-state index >= 15 is 0 Å². The van der Waals surface area contributed by atoms with E-state index in [0.29, 0.717) is 18.4 Å². The summed E-state index contributed by atoms with van der Waals surface area (Å²) in [6.07, 6.45) is 6.48. The second-order valence-corrected chi connectivity index (χ2v) is 5.09. The van der Waals surface area contributed by atoms with Gasteiger partial charge in [-0.05, 0) is 30.0 Å². The van der Waals surface area contributed by atoms with Gasteiger partial charge in [-0.1, -0.05) is 19.9 Å². The lowest BCUT2D eigenvalue weighted by molar-refractivity contribution is 0.606. The second kappa shape index (κ2) is 7.43. The molecular weight excluding hydrogens is 250 g/mol. The average molecular weight is 271 g/mol. The summed E-state index contributed by atoms with van der Waals surface area (Å²) < 4.78 is 0. The van der Waals surface area contributed by atoms with Gasteiger partial charge in [0.1, 0.15) is 5.82 Å². The average Bonchev–Trinajstić information content (AvgIpc) is 2.46. The Bertz CT molecular complexity index is 513. The van der Waals surface area contributed by atoms with Crippen LogP contribution >= 0.6 is 0 Å². The normalized spacial score (nSPS) is 10.6. The second-order valence-electron chi connectivity index (χ2n) is 5.09. The molecule has 5 heteroatoms. The molecule has 0 fully saturated rings. The molecule has 0 aliphatic carbocycles. The summed E-state index contributed by atoms with van der Waals surface area (Å²) in [5.74, 6) is 2.17. The van der Waals surface area contributed by atoms with Crippen molar-refractivity contribution in [2.75, 3.05) is 17.2 Å². The van der Waals surface area contributed by atoms with Crippen LogP contribution in [0.25, 0.3) is 0 Å². The predicted octanol–water partition coefficient (Wildman–Crippen LogP) is 2.94. The molecule has 0 radical (unpaired) electrons. The summed E-state index contributed by atoms with van der Waals surface area (Å²) in [6, 6.07) is 5.82. The van der Waals surface area contributed by atoms with Crippen molar-refractivity contribution >= 4 is 11.8 Å². The lowest BCUT2D eigenvalue weighted by atomic mass is 10.1. The third-order valence-corrected chi connectivity index (χ3v) is 2.86. The third kappa shape index (κ3) is 4.84. The Morgan fingerprint density at radius 2 is 2.05 bits per heavy atom. The van der Waals surface area contributed by atoms with E-state index in [9.17, 15) is 0 Å². The van der Waals surface area contributed by atoms with Crippen LogP contribution in [0.4, 0.5) is 11.8 Å². The van der Waals surface area contributed by atoms with E-state index in [-0.39, 0.29) is 0 Å². The van der Waals surface area contributed by atoms with Crippen LogP contribution in [-0.4, -0.2) is 21.5 Å². The fraction of sp³-hybridized carbons (Fsp3) is 0.400. The summed E-state index contributed by atoms with van der Waals surface area (Å²) in [5, 5.41) is 6.51. The zero-order chi connectivity index (χ0) is 14.2. The minimum atomic E-state index is 0.628. The number of anilines is 2. The van der Waals surface area contributed by atoms with Crippen molar-refractivity contribution in [3.05, 3.63) is 42.4 Å². The van der Waals surface area contributed by atoms with Crippen LogP contribution in [-0.2, 0) is 6.54 Å². The van der Waals surface area contributed by atoms with Crippen molar-refractivity contribution in [1.82, 2.24) is 15.0 Å². The van der Waals surface area contributed by atoms with Crippen molar-refractivity contribution in [2.45, 2.75) is 26.8 Å². The molecule has 0 aliphatic rings. The van der Waals surface area contributed by atoms with Crippen LogP contribution < -0.4 is 10.6 Å². The molecule has 5 nitrogen and oxygen atoms in total. The largest absolute Gasteiger partial charge is 0.370 e. The van der Waals surface area contributed by atoms with E-state index in [1.54, 1.807) is 12.4 Å². The molecule has 0 aromatic carbocycles. The summed E-state index contributed by atoms with van der Waals surface area (Å²) >= 11 is 0. The quantitative estimate of drug-likeness (QED) is 0.810. The number of nitrogens with one attached hydrogen (secondary N) is 2. The Kier molecular flexibility index (Phi) is 5.29. The molecule has 106 valence electrons. The van der Waals surface area contributed by atoms with Gasteiger partial charge in [0, 0.05) is 31.7 Å². The minimum Gasteiger partial charge on any atom is -0.370 e. The van der Waals surface area contributed by atoms with Crippen molar-refractivity contribution in [1.29, 1.82) is 0 Å². The van der Waals surface area contributed by atoms with Gasteiger partial charge < -0.3 is 10.6 Å². The first kappa shape index (κ1) is 14.2. The third-order valence-electron chi connectivity index (χ3n) is 2.86. The van der Waals surface area contributed by atoms with E-state index < -0.39 is 0 Å². The number of pyridine rings is 1. The van der Waals surface area contributed by atoms with E-state index in [4.69, 9.17) is 0 Å². The molecule has 0 aliphatic heterocycles. The van der Waals surface area contributed by atoms with Gasteiger partial charge in [0.05, 0.1) is 0 Å². The maximum absolute atomic E-state index is 4.43. The molecule has 20 heavy (non-hydrogen) atoms. The zero-order valence-corrected chi connectivity index (χ0v) is 12.0. The molecule has 0 amide bonds. The Balaban J connectivity index is 1.86. The first-order valence-corrected chi connectivity index (χ1v) is 6.94. The SMILES string of the molecule is CC(C)CCNc1ccnc(NCc2cccnc2)n1. The van der Waals surface area contributed by atoms with Crippen LogP contribution in [0.1, 0.15) is 25.8 Å². The van der Waals surface area contributed by atoms with Crippen molar-refractivity contribution in [2.24, 2.45) is 5.92 Å². The Morgan fingerprint density at radius 1 is 1.15 bits per heavy atom. The summed E-state index contributed by atoms with van der Waals surface area (Å²) in [5.41, 5.74) is 1.11. The van der Waals surface area contributed by atoms with Crippen LogP contribution in [0, 0.1) is 5.92 Å². The van der Waals surface area contributed by atoms with Gasteiger partial charge in [0.2, 0.25) is 5.95 Å². The number of hydrogen-bond donors (Lipinski definition) is 2.